The highest BCUT2D eigenvalue weighted by Crippen LogP contribution is 2.25. The first kappa shape index (κ1) is 14.6. The Kier molecular flexibility index (Phi) is 5.02. The van der Waals surface area contributed by atoms with Crippen molar-refractivity contribution in [2.45, 2.75) is 25.8 Å². The van der Waals surface area contributed by atoms with Gasteiger partial charge in [-0.1, -0.05) is 30.1 Å². The Labute approximate surface area is 123 Å². The van der Waals surface area contributed by atoms with Gasteiger partial charge in [0.25, 0.3) is 5.91 Å². The molecule has 1 saturated carbocycles. The van der Waals surface area contributed by atoms with Crippen LogP contribution in [0.5, 0.6) is 0 Å². The molecule has 0 aliphatic heterocycles. The monoisotopic (exact) mass is 301 g/mol. The van der Waals surface area contributed by atoms with E-state index >= 15 is 0 Å². The maximum atomic E-state index is 11.9. The zero-order chi connectivity index (χ0) is 13.8. The van der Waals surface area contributed by atoms with Gasteiger partial charge in [0.2, 0.25) is 0 Å². The van der Waals surface area contributed by atoms with E-state index in [-0.39, 0.29) is 16.2 Å². The van der Waals surface area contributed by atoms with Gasteiger partial charge in [-0.3, -0.25) is 9.69 Å². The minimum Gasteiger partial charge on any atom is -0.351 e. The lowest BCUT2D eigenvalue weighted by Crippen LogP contribution is -2.36. The number of likely N-dealkylation sites (N-methyl/N-ethyl adjacent to an activating group) is 1. The van der Waals surface area contributed by atoms with Crippen molar-refractivity contribution in [2.75, 3.05) is 19.6 Å². The molecule has 1 aliphatic rings. The number of carbonyl (C=O) groups excluding carboxylic acids is 1. The van der Waals surface area contributed by atoms with Gasteiger partial charge in [-0.05, 0) is 31.5 Å². The van der Waals surface area contributed by atoms with Crippen molar-refractivity contribution in [3.63, 3.8) is 0 Å². The summed E-state index contributed by atoms with van der Waals surface area (Å²) in [6.45, 7) is 4.66. The van der Waals surface area contributed by atoms with Gasteiger partial charge in [0, 0.05) is 24.7 Å². The number of aromatic nitrogens is 1. The molecule has 0 aromatic carbocycles. The summed E-state index contributed by atoms with van der Waals surface area (Å²) in [5.41, 5.74) is 0.444. The van der Waals surface area contributed by atoms with Crippen LogP contribution in [0, 0.1) is 0 Å². The quantitative estimate of drug-likeness (QED) is 0.822. The molecule has 2 rings (SSSR count). The molecule has 0 saturated heterocycles. The smallest absolute Gasteiger partial charge is 0.251 e. The molecule has 1 amide bonds. The van der Waals surface area contributed by atoms with Crippen LogP contribution >= 0.6 is 23.2 Å². The zero-order valence-corrected chi connectivity index (χ0v) is 12.3. The molecule has 104 valence electrons. The van der Waals surface area contributed by atoms with Crippen molar-refractivity contribution in [1.82, 2.24) is 15.2 Å². The molecule has 1 aromatic heterocycles. The molecule has 1 aromatic rings. The Morgan fingerprint density at radius 2 is 2.05 bits per heavy atom. The van der Waals surface area contributed by atoms with Crippen LogP contribution in [-0.4, -0.2) is 41.5 Å². The van der Waals surface area contributed by atoms with E-state index in [1.165, 1.54) is 25.0 Å². The number of halogens is 2. The van der Waals surface area contributed by atoms with E-state index in [0.717, 1.165) is 13.1 Å². The third kappa shape index (κ3) is 4.34. The molecule has 19 heavy (non-hydrogen) atoms. The standard InChI is InChI=1S/C13H17Cl2N3O/c1-2-18(10-3-4-10)6-5-16-13(19)9-7-11(14)17-12(15)8-9/h7-8,10H,2-6H2,1H3,(H,16,19). The van der Waals surface area contributed by atoms with Gasteiger partial charge < -0.3 is 5.32 Å². The van der Waals surface area contributed by atoms with Crippen LogP contribution < -0.4 is 5.32 Å². The molecule has 4 nitrogen and oxygen atoms in total. The minimum absolute atomic E-state index is 0.168. The summed E-state index contributed by atoms with van der Waals surface area (Å²) in [5.74, 6) is -0.168. The summed E-state index contributed by atoms with van der Waals surface area (Å²) in [5, 5.41) is 3.33. The fraction of sp³-hybridized carbons (Fsp3) is 0.538. The lowest BCUT2D eigenvalue weighted by Gasteiger charge is -2.19. The van der Waals surface area contributed by atoms with Gasteiger partial charge in [-0.15, -0.1) is 0 Å². The molecule has 1 aliphatic carbocycles. The number of hydrogen-bond donors (Lipinski definition) is 1. The van der Waals surface area contributed by atoms with E-state index in [0.29, 0.717) is 18.2 Å². The number of amides is 1. The Hall–Kier alpha value is -0.840. The molecule has 1 N–H and O–H groups in total. The number of nitrogens with zero attached hydrogens (tertiary/aromatic N) is 2. The molecule has 1 fully saturated rings. The Morgan fingerprint density at radius 3 is 2.58 bits per heavy atom. The molecule has 6 heteroatoms. The second kappa shape index (κ2) is 6.55. The first-order valence-electron chi connectivity index (χ1n) is 6.45. The van der Waals surface area contributed by atoms with Crippen molar-refractivity contribution in [3.8, 4) is 0 Å². The van der Waals surface area contributed by atoms with Gasteiger partial charge in [-0.25, -0.2) is 4.98 Å². The lowest BCUT2D eigenvalue weighted by molar-refractivity contribution is 0.0948. The number of hydrogen-bond acceptors (Lipinski definition) is 3. The van der Waals surface area contributed by atoms with Crippen molar-refractivity contribution in [3.05, 3.63) is 28.0 Å². The zero-order valence-electron chi connectivity index (χ0n) is 10.8. The maximum Gasteiger partial charge on any atom is 0.251 e. The van der Waals surface area contributed by atoms with Crippen LogP contribution in [0.2, 0.25) is 10.3 Å². The molecular weight excluding hydrogens is 285 g/mol. The summed E-state index contributed by atoms with van der Waals surface area (Å²) in [6.07, 6.45) is 2.55. The number of rotatable bonds is 6. The second-order valence-corrected chi connectivity index (χ2v) is 5.39. The Bertz CT molecular complexity index is 443. The topological polar surface area (TPSA) is 45.2 Å². The predicted molar refractivity (Wildman–Crippen MR) is 76.9 cm³/mol. The molecule has 0 radical (unpaired) electrons. The fourth-order valence-electron chi connectivity index (χ4n) is 2.05. The van der Waals surface area contributed by atoms with Crippen molar-refractivity contribution >= 4 is 29.1 Å². The summed E-state index contributed by atoms with van der Waals surface area (Å²) < 4.78 is 0. The Morgan fingerprint density at radius 1 is 1.42 bits per heavy atom. The van der Waals surface area contributed by atoms with Crippen LogP contribution in [0.4, 0.5) is 0 Å². The largest absolute Gasteiger partial charge is 0.351 e. The van der Waals surface area contributed by atoms with E-state index in [1.807, 2.05) is 0 Å². The summed E-state index contributed by atoms with van der Waals surface area (Å²) >= 11 is 11.5. The normalized spacial score (nSPS) is 14.7. The van der Waals surface area contributed by atoms with E-state index in [2.05, 4.69) is 22.1 Å². The predicted octanol–water partition coefficient (Wildman–Crippen LogP) is 2.60. The van der Waals surface area contributed by atoms with Crippen molar-refractivity contribution in [2.24, 2.45) is 0 Å². The first-order valence-corrected chi connectivity index (χ1v) is 7.21. The lowest BCUT2D eigenvalue weighted by atomic mass is 10.2. The van der Waals surface area contributed by atoms with Crippen molar-refractivity contribution in [1.29, 1.82) is 0 Å². The van der Waals surface area contributed by atoms with Gasteiger partial charge in [-0.2, -0.15) is 0 Å². The number of pyridine rings is 1. The van der Waals surface area contributed by atoms with Crippen molar-refractivity contribution < 1.29 is 4.79 Å². The summed E-state index contributed by atoms with van der Waals surface area (Å²) in [7, 11) is 0. The fourth-order valence-corrected chi connectivity index (χ4v) is 2.51. The molecule has 0 spiro atoms. The molecule has 1 heterocycles. The molecule has 0 bridgehead atoms. The van der Waals surface area contributed by atoms with Gasteiger partial charge in [0.1, 0.15) is 10.3 Å². The molecule has 0 unspecified atom stereocenters. The van der Waals surface area contributed by atoms with Gasteiger partial charge >= 0.3 is 0 Å². The number of carbonyl (C=O) groups is 1. The highest BCUT2D eigenvalue weighted by molar-refractivity contribution is 6.33. The van der Waals surface area contributed by atoms with Crippen LogP contribution in [-0.2, 0) is 0 Å². The van der Waals surface area contributed by atoms with Crippen LogP contribution in [0.3, 0.4) is 0 Å². The van der Waals surface area contributed by atoms with Crippen LogP contribution in [0.15, 0.2) is 12.1 Å². The summed E-state index contributed by atoms with van der Waals surface area (Å²) in [6, 6.07) is 3.74. The third-order valence-electron chi connectivity index (χ3n) is 3.18. The average molecular weight is 302 g/mol. The van der Waals surface area contributed by atoms with E-state index in [1.54, 1.807) is 0 Å². The highest BCUT2D eigenvalue weighted by Gasteiger charge is 2.27. The number of nitrogens with one attached hydrogen (secondary N) is 1. The average Bonchev–Trinajstić information content (AvgIpc) is 3.17. The second-order valence-electron chi connectivity index (χ2n) is 4.62. The maximum absolute atomic E-state index is 11.9. The third-order valence-corrected chi connectivity index (χ3v) is 3.57. The molecular formula is C13H17Cl2N3O. The van der Waals surface area contributed by atoms with Crippen LogP contribution in [0.25, 0.3) is 0 Å². The SMILES string of the molecule is CCN(CCNC(=O)c1cc(Cl)nc(Cl)c1)C1CC1. The van der Waals surface area contributed by atoms with Gasteiger partial charge in [0.15, 0.2) is 0 Å². The molecule has 0 atom stereocenters. The first-order chi connectivity index (χ1) is 9.10. The Balaban J connectivity index is 1.83. The van der Waals surface area contributed by atoms with Gasteiger partial charge in [0.05, 0.1) is 0 Å². The highest BCUT2D eigenvalue weighted by atomic mass is 35.5. The van der Waals surface area contributed by atoms with E-state index in [4.69, 9.17) is 23.2 Å². The minimum atomic E-state index is -0.168. The van der Waals surface area contributed by atoms with Crippen LogP contribution in [0.1, 0.15) is 30.1 Å². The summed E-state index contributed by atoms with van der Waals surface area (Å²) in [4.78, 5) is 18.1. The van der Waals surface area contributed by atoms with E-state index < -0.39 is 0 Å². The van der Waals surface area contributed by atoms with E-state index in [9.17, 15) is 4.79 Å².